The zero-order valence-electron chi connectivity index (χ0n) is 51.5. The van der Waals surface area contributed by atoms with Crippen LogP contribution >= 0.6 is 27.5 Å². The molecule has 9 amide bonds. The summed E-state index contributed by atoms with van der Waals surface area (Å²) in [6, 6.07) is 4.84. The molecule has 4 bridgehead atoms. The van der Waals surface area contributed by atoms with E-state index >= 15 is 0 Å². The van der Waals surface area contributed by atoms with E-state index in [4.69, 9.17) is 36.3 Å². The van der Waals surface area contributed by atoms with Crippen molar-refractivity contribution in [3.8, 4) is 5.75 Å². The van der Waals surface area contributed by atoms with Crippen molar-refractivity contribution in [2.45, 2.75) is 154 Å². The zero-order valence-corrected chi connectivity index (χ0v) is 53.9. The molecular formula is C61H87BrClN9O15. The second-order valence-corrected chi connectivity index (χ2v) is 23.7. The first-order valence-corrected chi connectivity index (χ1v) is 30.4. The minimum absolute atomic E-state index is 0.0467. The number of likely N-dealkylation sites (N-methyl/N-ethyl adjacent to an activating group) is 1. The highest BCUT2D eigenvalue weighted by atomic mass is 79.9. The van der Waals surface area contributed by atoms with Crippen LogP contribution in [0.15, 0.2) is 72.4 Å². The SMILES string of the molecule is C=C(CBr)C(=O)NCCCCCC(=O)N[C@H](C(=O)N[C@@H](CCCNC(N)=O)C(=O)Nc1ccc(C(=O)N(C)[C@@H](C)C(=O)O[C@H]2CC(=O)N(C)c3cc(cc(OC)c3Cl)C/C(C)=C/C=C/[C@@H](OC)[C@@]3(O)C[C@H](OC(=O)N3)[C@@H](C)[C@H](C)[C@@]2(C)O)cc1)C(C)C. The first kappa shape index (κ1) is 72.4. The predicted molar refractivity (Wildman–Crippen MR) is 332 cm³/mol. The Kier molecular flexibility index (Phi) is 27.7. The van der Waals surface area contributed by atoms with Gasteiger partial charge in [0, 0.05) is 69.3 Å². The number of nitrogens with one attached hydrogen (secondary N) is 6. The number of methoxy groups -OCH3 is 2. The van der Waals surface area contributed by atoms with Crippen LogP contribution in [0.2, 0.25) is 5.02 Å². The number of hydrogen-bond acceptors (Lipinski definition) is 15. The Morgan fingerprint density at radius 3 is 2.26 bits per heavy atom. The van der Waals surface area contributed by atoms with E-state index in [1.165, 1.54) is 71.3 Å². The number of primary amides is 1. The minimum Gasteiger partial charge on any atom is -0.495 e. The van der Waals surface area contributed by atoms with Crippen molar-refractivity contribution in [1.82, 2.24) is 31.5 Å². The molecule has 2 aliphatic heterocycles. The second-order valence-electron chi connectivity index (χ2n) is 22.8. The van der Waals surface area contributed by atoms with Crippen LogP contribution in [0.3, 0.4) is 0 Å². The third-order valence-corrected chi connectivity index (χ3v) is 17.0. The topological polar surface area (TPSA) is 336 Å². The lowest BCUT2D eigenvalue weighted by atomic mass is 9.73. The van der Waals surface area contributed by atoms with Crippen LogP contribution < -0.4 is 47.3 Å². The highest BCUT2D eigenvalue weighted by molar-refractivity contribution is 9.09. The van der Waals surface area contributed by atoms with Crippen LogP contribution in [-0.2, 0) is 49.4 Å². The number of alkyl carbamates (subject to hydrolysis) is 1. The van der Waals surface area contributed by atoms with Gasteiger partial charge in [-0.3, -0.25) is 34.1 Å². The Morgan fingerprint density at radius 2 is 1.64 bits per heavy atom. The number of benzene rings is 2. The summed E-state index contributed by atoms with van der Waals surface area (Å²) in [5.41, 5.74) is 3.74. The number of fused-ring (bicyclic) bond motifs is 4. The number of alkyl halides is 1. The van der Waals surface area contributed by atoms with E-state index in [1.54, 1.807) is 52.0 Å². The number of allylic oxidation sites excluding steroid dienone is 3. The number of aliphatic hydroxyl groups is 2. The molecule has 0 aromatic heterocycles. The maximum Gasteiger partial charge on any atom is 0.409 e. The maximum absolute atomic E-state index is 14.5. The second kappa shape index (κ2) is 33.3. The number of hydrogen-bond donors (Lipinski definition) is 9. The van der Waals surface area contributed by atoms with E-state index < -0.39 is 108 Å². The summed E-state index contributed by atoms with van der Waals surface area (Å²) >= 11 is 10.0. The maximum atomic E-state index is 14.5. The molecule has 2 aliphatic rings. The molecule has 2 aromatic rings. The average molecular weight is 1300 g/mol. The summed E-state index contributed by atoms with van der Waals surface area (Å²) in [5.74, 6) is -5.99. The minimum atomic E-state index is -2.07. The van der Waals surface area contributed by atoms with E-state index in [0.717, 1.165) is 10.5 Å². The van der Waals surface area contributed by atoms with E-state index in [-0.39, 0.29) is 77.7 Å². The number of nitrogens with two attached hydrogens (primary N) is 1. The predicted octanol–water partition coefficient (Wildman–Crippen LogP) is 5.70. The molecule has 0 spiro atoms. The van der Waals surface area contributed by atoms with Crippen LogP contribution in [0.1, 0.15) is 116 Å². The quantitative estimate of drug-likeness (QED) is 0.0264. The Hall–Kier alpha value is -7.06. The van der Waals surface area contributed by atoms with Gasteiger partial charge in [0.1, 0.15) is 52.8 Å². The number of nitrogens with zero attached hydrogens (tertiary/aromatic N) is 2. The fourth-order valence-electron chi connectivity index (χ4n) is 9.94. The highest BCUT2D eigenvalue weighted by Gasteiger charge is 2.51. The molecule has 0 radical (unpaired) electrons. The number of amides is 9. The molecule has 4 rings (SSSR count). The number of carbonyl (C=O) groups excluding carboxylic acids is 9. The molecular weight excluding hydrogens is 1210 g/mol. The number of unbranched alkanes of at least 4 members (excludes halogenated alkanes) is 2. The van der Waals surface area contributed by atoms with Crippen LogP contribution in [0.25, 0.3) is 0 Å². The first-order chi connectivity index (χ1) is 40.9. The fraction of sp³-hybridized carbons (Fsp3) is 0.557. The molecule has 0 saturated carbocycles. The first-order valence-electron chi connectivity index (χ1n) is 28.9. The van der Waals surface area contributed by atoms with Gasteiger partial charge >= 0.3 is 18.1 Å². The molecule has 1 saturated heterocycles. The van der Waals surface area contributed by atoms with Gasteiger partial charge < -0.3 is 71.3 Å². The lowest BCUT2D eigenvalue weighted by Gasteiger charge is -2.46. The van der Waals surface area contributed by atoms with Crippen molar-refractivity contribution in [2.24, 2.45) is 23.5 Å². The summed E-state index contributed by atoms with van der Waals surface area (Å²) in [7, 11) is 5.64. The molecule has 26 heteroatoms. The van der Waals surface area contributed by atoms with Crippen molar-refractivity contribution in [3.05, 3.63) is 88.5 Å². The zero-order chi connectivity index (χ0) is 65.1. The third-order valence-electron chi connectivity index (χ3n) is 15.9. The highest BCUT2D eigenvalue weighted by Crippen LogP contribution is 2.40. The van der Waals surface area contributed by atoms with Gasteiger partial charge in [-0.2, -0.15) is 0 Å². The molecule has 24 nitrogen and oxygen atoms in total. The van der Waals surface area contributed by atoms with Gasteiger partial charge in [-0.25, -0.2) is 14.4 Å². The van der Waals surface area contributed by atoms with Crippen LogP contribution in [-0.4, -0.2) is 163 Å². The third kappa shape index (κ3) is 20.5. The number of rotatable bonds is 24. The summed E-state index contributed by atoms with van der Waals surface area (Å²) in [6.45, 7) is 15.6. The monoisotopic (exact) mass is 1300 g/mol. The van der Waals surface area contributed by atoms with Crippen LogP contribution in [0.4, 0.5) is 21.0 Å². The van der Waals surface area contributed by atoms with Crippen molar-refractivity contribution in [3.63, 3.8) is 0 Å². The van der Waals surface area contributed by atoms with Gasteiger partial charge in [0.2, 0.25) is 29.5 Å². The van der Waals surface area contributed by atoms with E-state index in [9.17, 15) is 53.4 Å². The summed E-state index contributed by atoms with van der Waals surface area (Å²) in [4.78, 5) is 123. The molecule has 480 valence electrons. The molecule has 10 atom stereocenters. The van der Waals surface area contributed by atoms with E-state index in [1.807, 2.05) is 13.0 Å². The molecule has 1 fully saturated rings. The molecule has 87 heavy (non-hydrogen) atoms. The van der Waals surface area contributed by atoms with Crippen molar-refractivity contribution < 1.29 is 72.3 Å². The molecule has 10 N–H and O–H groups in total. The molecule has 0 aliphatic carbocycles. The number of urea groups is 1. The van der Waals surface area contributed by atoms with Gasteiger partial charge in [0.25, 0.3) is 5.91 Å². The smallest absolute Gasteiger partial charge is 0.409 e. The number of carbonyl (C=O) groups is 9. The Labute approximate surface area is 522 Å². The van der Waals surface area contributed by atoms with Crippen LogP contribution in [0, 0.1) is 17.8 Å². The Morgan fingerprint density at radius 1 is 0.977 bits per heavy atom. The Balaban J connectivity index is 1.55. The standard InChI is InChI=1S/C61H87BrClN9O15/c1-34(2)52(69-49(73)21-14-13-15-26-65-53(75)36(4)33-62)55(77)68-43(19-17-27-66-58(64)80)54(76)67-42-24-22-41(23-25-42)56(78)71(9)39(7)57(79)87-48-31-50(74)72(10)44-29-40(30-45(84-11)51(44)63)28-35(3)18-16-20-47(85-12)61(83)32-46(86-59(81)70-61)37(5)38(6)60(48,8)82/h16,18,20,22-25,29-30,34,37-39,43,46-48,52,82-83H,4,13-15,17,19,21,26-28,31-33H2,1-3,5-12H3,(H,65,75)(H,67,76)(H,68,77)(H,69,73)(H,70,81)(H3,64,66,80)/b20-16+,35-18+/t37-,38-,39-,43-,46-,47+,48-,52-,60+,61-/m0/s1. The summed E-state index contributed by atoms with van der Waals surface area (Å²) in [5, 5.41) is 41.0. The number of anilines is 2. The normalized spacial score (nSPS) is 23.6. The Bertz CT molecular complexity index is 2870. The van der Waals surface area contributed by atoms with Crippen molar-refractivity contribution in [2.75, 3.05) is 57.0 Å². The van der Waals surface area contributed by atoms with Crippen LogP contribution in [0.5, 0.6) is 5.75 Å². The largest absolute Gasteiger partial charge is 0.495 e. The molecule has 2 aromatic carbocycles. The summed E-state index contributed by atoms with van der Waals surface area (Å²) in [6.07, 6.45) is 2.16. The van der Waals surface area contributed by atoms with Crippen molar-refractivity contribution in [1.29, 1.82) is 0 Å². The molecule has 0 unspecified atom stereocenters. The van der Waals surface area contributed by atoms with Gasteiger partial charge in [0.15, 0.2) is 5.72 Å². The van der Waals surface area contributed by atoms with Gasteiger partial charge in [0.05, 0.1) is 19.2 Å². The lowest BCUT2D eigenvalue weighted by molar-refractivity contribution is -0.185. The molecule has 2 heterocycles. The fourth-order valence-corrected chi connectivity index (χ4v) is 10.5. The van der Waals surface area contributed by atoms with E-state index in [2.05, 4.69) is 54.4 Å². The average Bonchev–Trinajstić information content (AvgIpc) is 1.19. The summed E-state index contributed by atoms with van der Waals surface area (Å²) < 4.78 is 23.1. The number of esters is 1. The lowest BCUT2D eigenvalue weighted by Crippen LogP contribution is -2.64. The van der Waals surface area contributed by atoms with Crippen molar-refractivity contribution >= 4 is 92.4 Å². The van der Waals surface area contributed by atoms with Gasteiger partial charge in [-0.05, 0) is 113 Å². The number of ether oxygens (including phenoxy) is 4. The van der Waals surface area contributed by atoms with Gasteiger partial charge in [-0.1, -0.05) is 92.0 Å². The van der Waals surface area contributed by atoms with Gasteiger partial charge in [-0.15, -0.1) is 0 Å². The van der Waals surface area contributed by atoms with E-state index in [0.29, 0.717) is 48.7 Å². The number of halogens is 2.